The van der Waals surface area contributed by atoms with Gasteiger partial charge in [0.05, 0.1) is 35.9 Å². The second-order valence-electron chi connectivity index (χ2n) is 8.34. The summed E-state index contributed by atoms with van der Waals surface area (Å²) in [6, 6.07) is 6.68. The zero-order chi connectivity index (χ0) is 23.3. The first-order chi connectivity index (χ1) is 15.1. The maximum atomic E-state index is 13.7. The Morgan fingerprint density at radius 3 is 2.31 bits per heavy atom. The van der Waals surface area contributed by atoms with Crippen molar-refractivity contribution in [3.63, 3.8) is 0 Å². The van der Waals surface area contributed by atoms with E-state index in [1.807, 2.05) is 17.0 Å². The van der Waals surface area contributed by atoms with E-state index in [-0.39, 0.29) is 16.2 Å². The van der Waals surface area contributed by atoms with E-state index >= 15 is 0 Å². The Bertz CT molecular complexity index is 1260. The summed E-state index contributed by atoms with van der Waals surface area (Å²) in [7, 11) is -4.42. The van der Waals surface area contributed by atoms with Crippen molar-refractivity contribution in [2.75, 3.05) is 32.3 Å². The van der Waals surface area contributed by atoms with Gasteiger partial charge in [0.1, 0.15) is 5.82 Å². The van der Waals surface area contributed by atoms with Crippen molar-refractivity contribution in [2.45, 2.75) is 36.1 Å². The summed E-state index contributed by atoms with van der Waals surface area (Å²) in [6.07, 6.45) is 0.634. The van der Waals surface area contributed by atoms with E-state index in [1.54, 1.807) is 14.2 Å². The van der Waals surface area contributed by atoms with Crippen LogP contribution >= 0.6 is 0 Å². The molecule has 2 atom stereocenters. The van der Waals surface area contributed by atoms with E-state index in [0.29, 0.717) is 31.0 Å². The van der Waals surface area contributed by atoms with Crippen molar-refractivity contribution in [1.29, 1.82) is 0 Å². The Labute approximate surface area is 188 Å². The van der Waals surface area contributed by atoms with Gasteiger partial charge in [-0.05, 0) is 60.4 Å². The van der Waals surface area contributed by atoms with E-state index < -0.39 is 42.5 Å². The number of fused-ring (bicyclic) bond motifs is 1. The first-order valence-electron chi connectivity index (χ1n) is 10.2. The van der Waals surface area contributed by atoms with Crippen LogP contribution in [0.15, 0.2) is 35.2 Å². The minimum absolute atomic E-state index is 0.0488. The molecule has 1 fully saturated rings. The van der Waals surface area contributed by atoms with Gasteiger partial charge >= 0.3 is 0 Å². The first-order valence-corrected chi connectivity index (χ1v) is 13.6. The monoisotopic (exact) mass is 483 g/mol. The third-order valence-electron chi connectivity index (χ3n) is 6.35. The summed E-state index contributed by atoms with van der Waals surface area (Å²) in [5.74, 6) is 0.0238. The molecule has 2 aliphatic rings. The quantitative estimate of drug-likeness (QED) is 0.602. The number of nitrogens with zero attached hydrogens (tertiary/aromatic N) is 1. The summed E-state index contributed by atoms with van der Waals surface area (Å²) in [4.78, 5) is 1.88. The Hall–Kier alpha value is -2.17. The lowest BCUT2D eigenvalue weighted by atomic mass is 9.97. The number of rotatable bonds is 5. The number of benzene rings is 2. The van der Waals surface area contributed by atoms with Crippen LogP contribution in [-0.2, 0) is 32.6 Å². The highest BCUT2D eigenvalue weighted by Gasteiger charge is 2.48. The van der Waals surface area contributed by atoms with Crippen LogP contribution in [0.1, 0.15) is 16.7 Å². The number of aryl methyl sites for hydroxylation is 1. The summed E-state index contributed by atoms with van der Waals surface area (Å²) < 4.78 is 76.3. The highest BCUT2D eigenvalue weighted by Crippen LogP contribution is 2.36. The molecule has 2 aromatic rings. The fourth-order valence-electron chi connectivity index (χ4n) is 4.59. The zero-order valence-electron chi connectivity index (χ0n) is 18.2. The number of methoxy groups -OCH3 is 2. The van der Waals surface area contributed by atoms with Crippen LogP contribution in [0.5, 0.6) is 11.5 Å². The fourth-order valence-corrected chi connectivity index (χ4v) is 9.50. The molecule has 2 aliphatic heterocycles. The standard InChI is InChI=1S/C22H26FNO6S2/c1-14-8-17(4-5-18(14)23)32(27,28)22-13-31(25,26)12-19(22)24-7-6-15-9-20(29-2)21(30-3)10-16(15)11-24/h4-5,8-10,19,22H,6-7,11-13H2,1-3H3/t19-,22-/m0/s1. The normalized spacial score (nSPS) is 23.0. The number of ether oxygens (including phenoxy) is 2. The molecule has 0 aromatic heterocycles. The van der Waals surface area contributed by atoms with Gasteiger partial charge in [0.2, 0.25) is 0 Å². The third kappa shape index (κ3) is 4.11. The van der Waals surface area contributed by atoms with E-state index in [2.05, 4.69) is 0 Å². The second-order valence-corrected chi connectivity index (χ2v) is 12.7. The predicted octanol–water partition coefficient (Wildman–Crippen LogP) is 2.15. The van der Waals surface area contributed by atoms with E-state index in [0.717, 1.165) is 17.2 Å². The van der Waals surface area contributed by atoms with Crippen molar-refractivity contribution >= 4 is 19.7 Å². The van der Waals surface area contributed by atoms with E-state index in [4.69, 9.17) is 9.47 Å². The van der Waals surface area contributed by atoms with E-state index in [9.17, 15) is 21.2 Å². The van der Waals surface area contributed by atoms with Crippen molar-refractivity contribution in [2.24, 2.45) is 0 Å². The molecule has 0 unspecified atom stereocenters. The molecule has 0 saturated carbocycles. The van der Waals surface area contributed by atoms with Gasteiger partial charge in [0.15, 0.2) is 31.2 Å². The summed E-state index contributed by atoms with van der Waals surface area (Å²) >= 11 is 0. The Morgan fingerprint density at radius 2 is 1.69 bits per heavy atom. The van der Waals surface area contributed by atoms with Crippen LogP contribution in [-0.4, -0.2) is 65.3 Å². The molecular formula is C22H26FNO6S2. The third-order valence-corrected chi connectivity index (χ3v) is 10.5. The van der Waals surface area contributed by atoms with Crippen LogP contribution in [0.2, 0.25) is 0 Å². The van der Waals surface area contributed by atoms with Crippen molar-refractivity contribution < 1.29 is 30.7 Å². The lowest BCUT2D eigenvalue weighted by molar-refractivity contribution is 0.195. The molecule has 174 valence electrons. The second kappa shape index (κ2) is 8.31. The maximum Gasteiger partial charge on any atom is 0.183 e. The van der Waals surface area contributed by atoms with Crippen molar-refractivity contribution in [1.82, 2.24) is 4.90 Å². The molecule has 0 spiro atoms. The first kappa shape index (κ1) is 23.0. The Morgan fingerprint density at radius 1 is 1.03 bits per heavy atom. The summed E-state index contributed by atoms with van der Waals surface area (Å²) in [5.41, 5.74) is 2.22. The van der Waals surface area contributed by atoms with Gasteiger partial charge in [-0.3, -0.25) is 4.90 Å². The minimum atomic E-state index is -3.98. The molecule has 1 saturated heterocycles. The number of hydrogen-bond donors (Lipinski definition) is 0. The number of halogens is 1. The fraction of sp³-hybridized carbons (Fsp3) is 0.455. The molecule has 32 heavy (non-hydrogen) atoms. The van der Waals surface area contributed by atoms with Crippen LogP contribution < -0.4 is 9.47 Å². The van der Waals surface area contributed by atoms with Crippen LogP contribution in [0.3, 0.4) is 0 Å². The lowest BCUT2D eigenvalue weighted by Gasteiger charge is -2.36. The zero-order valence-corrected chi connectivity index (χ0v) is 19.8. The SMILES string of the molecule is COc1cc2c(cc1OC)CN([C@H]1CS(=O)(=O)C[C@@H]1S(=O)(=O)c1ccc(F)c(C)c1)CC2. The summed E-state index contributed by atoms with van der Waals surface area (Å²) in [5, 5.41) is -1.11. The van der Waals surface area contributed by atoms with Gasteiger partial charge in [-0.1, -0.05) is 0 Å². The van der Waals surface area contributed by atoms with Crippen LogP contribution in [0.4, 0.5) is 4.39 Å². The van der Waals surface area contributed by atoms with E-state index in [1.165, 1.54) is 19.1 Å². The summed E-state index contributed by atoms with van der Waals surface area (Å²) in [6.45, 7) is 2.42. The average molecular weight is 484 g/mol. The number of sulfone groups is 2. The van der Waals surface area contributed by atoms with Gasteiger partial charge in [0.25, 0.3) is 0 Å². The van der Waals surface area contributed by atoms with Gasteiger partial charge < -0.3 is 9.47 Å². The van der Waals surface area contributed by atoms with Crippen LogP contribution in [0, 0.1) is 12.7 Å². The lowest BCUT2D eigenvalue weighted by Crippen LogP contribution is -2.48. The van der Waals surface area contributed by atoms with Gasteiger partial charge in [0, 0.05) is 19.1 Å². The largest absolute Gasteiger partial charge is 0.493 e. The molecule has 0 amide bonds. The van der Waals surface area contributed by atoms with Gasteiger partial charge in [-0.15, -0.1) is 0 Å². The molecule has 7 nitrogen and oxygen atoms in total. The van der Waals surface area contributed by atoms with Gasteiger partial charge in [-0.2, -0.15) is 0 Å². The Kier molecular flexibility index (Phi) is 5.98. The molecule has 0 aliphatic carbocycles. The Balaban J connectivity index is 1.68. The molecule has 0 bridgehead atoms. The molecular weight excluding hydrogens is 457 g/mol. The smallest absolute Gasteiger partial charge is 0.183 e. The topological polar surface area (TPSA) is 90.0 Å². The number of hydrogen-bond acceptors (Lipinski definition) is 7. The van der Waals surface area contributed by atoms with Gasteiger partial charge in [-0.25, -0.2) is 21.2 Å². The molecule has 4 rings (SSSR count). The molecule has 10 heteroatoms. The van der Waals surface area contributed by atoms with Crippen molar-refractivity contribution in [3.05, 3.63) is 52.8 Å². The highest BCUT2D eigenvalue weighted by atomic mass is 32.2. The highest BCUT2D eigenvalue weighted by molar-refractivity contribution is 7.96. The average Bonchev–Trinajstić information content (AvgIpc) is 3.10. The van der Waals surface area contributed by atoms with Crippen LogP contribution in [0.25, 0.3) is 0 Å². The molecule has 2 heterocycles. The van der Waals surface area contributed by atoms with Crippen molar-refractivity contribution in [3.8, 4) is 11.5 Å². The molecule has 0 N–H and O–H groups in total. The predicted molar refractivity (Wildman–Crippen MR) is 118 cm³/mol. The maximum absolute atomic E-state index is 13.7. The minimum Gasteiger partial charge on any atom is -0.493 e. The molecule has 0 radical (unpaired) electrons. The molecule has 2 aromatic carbocycles.